The first-order valence-electron chi connectivity index (χ1n) is 9.96. The number of morpholine rings is 1. The first kappa shape index (κ1) is 20.0. The molecule has 0 radical (unpaired) electrons. The molecule has 4 rings (SSSR count). The van der Waals surface area contributed by atoms with Crippen molar-refractivity contribution in [3.8, 4) is 0 Å². The predicted octanol–water partition coefficient (Wildman–Crippen LogP) is 3.21. The Kier molecular flexibility index (Phi) is 5.89. The van der Waals surface area contributed by atoms with Gasteiger partial charge in [0, 0.05) is 25.7 Å². The highest BCUT2D eigenvalue weighted by molar-refractivity contribution is 7.89. The number of oxazole rings is 1. The van der Waals surface area contributed by atoms with Gasteiger partial charge in [0.05, 0.1) is 30.3 Å². The van der Waals surface area contributed by atoms with Crippen molar-refractivity contribution >= 4 is 33.3 Å². The Balaban J connectivity index is 1.69. The maximum absolute atomic E-state index is 13.0. The summed E-state index contributed by atoms with van der Waals surface area (Å²) in [5.74, 6) is 0. The highest BCUT2D eigenvalue weighted by atomic mass is 32.2. The number of piperidine rings is 1. The standard InChI is InChI=1S/C19H27N3O4S2/c1-2-15-5-3-4-8-20(15)14-22-17-13-16(6-7-18(17)26-19(22)27)28(23,24)21-9-11-25-12-10-21/h6-7,13,15H,2-5,8-12,14H2,1H3/t15-/m1/s1. The number of likely N-dealkylation sites (tertiary alicyclic amines) is 1. The molecule has 0 amide bonds. The van der Waals surface area contributed by atoms with Crippen LogP contribution in [0.2, 0.25) is 0 Å². The van der Waals surface area contributed by atoms with Crippen molar-refractivity contribution in [3.05, 3.63) is 23.0 Å². The van der Waals surface area contributed by atoms with Crippen LogP contribution >= 0.6 is 12.2 Å². The van der Waals surface area contributed by atoms with Crippen LogP contribution in [-0.4, -0.2) is 61.1 Å². The molecule has 2 aliphatic heterocycles. The molecule has 2 fully saturated rings. The molecule has 154 valence electrons. The maximum atomic E-state index is 13.0. The first-order valence-corrected chi connectivity index (χ1v) is 11.8. The number of hydrogen-bond acceptors (Lipinski definition) is 6. The van der Waals surface area contributed by atoms with Crippen LogP contribution in [0, 0.1) is 4.84 Å². The Bertz CT molecular complexity index is 992. The largest absolute Gasteiger partial charge is 0.429 e. The van der Waals surface area contributed by atoms with Gasteiger partial charge in [-0.25, -0.2) is 8.42 Å². The topological polar surface area (TPSA) is 67.9 Å². The Hall–Kier alpha value is -1.26. The van der Waals surface area contributed by atoms with E-state index in [9.17, 15) is 8.42 Å². The van der Waals surface area contributed by atoms with Gasteiger partial charge in [0.1, 0.15) is 0 Å². The summed E-state index contributed by atoms with van der Waals surface area (Å²) in [6.45, 7) is 5.48. The van der Waals surface area contributed by atoms with E-state index in [1.54, 1.807) is 18.2 Å². The van der Waals surface area contributed by atoms with Gasteiger partial charge in [-0.2, -0.15) is 4.31 Å². The normalized spacial score (nSPS) is 22.7. The van der Waals surface area contributed by atoms with E-state index in [1.807, 2.05) is 4.57 Å². The maximum Gasteiger partial charge on any atom is 0.270 e. The molecule has 3 heterocycles. The summed E-state index contributed by atoms with van der Waals surface area (Å²) >= 11 is 5.45. The molecule has 28 heavy (non-hydrogen) atoms. The van der Waals surface area contributed by atoms with E-state index in [1.165, 1.54) is 23.6 Å². The lowest BCUT2D eigenvalue weighted by Crippen LogP contribution is -2.40. The summed E-state index contributed by atoms with van der Waals surface area (Å²) in [4.78, 5) is 3.09. The second kappa shape index (κ2) is 8.23. The van der Waals surface area contributed by atoms with Crippen molar-refractivity contribution in [2.45, 2.75) is 50.2 Å². The lowest BCUT2D eigenvalue weighted by molar-refractivity contribution is 0.0730. The molecule has 1 atom stereocenters. The van der Waals surface area contributed by atoms with Gasteiger partial charge < -0.3 is 9.15 Å². The van der Waals surface area contributed by atoms with Gasteiger partial charge in [0.15, 0.2) is 5.58 Å². The van der Waals surface area contributed by atoms with Crippen LogP contribution < -0.4 is 0 Å². The number of hydrogen-bond donors (Lipinski definition) is 0. The van der Waals surface area contributed by atoms with E-state index in [0.717, 1.165) is 18.5 Å². The third-order valence-corrected chi connectivity index (χ3v) is 7.99. The molecule has 1 aromatic heterocycles. The number of nitrogens with zero attached hydrogens (tertiary/aromatic N) is 3. The second-order valence-corrected chi connectivity index (χ2v) is 9.74. The van der Waals surface area contributed by atoms with Crippen LogP contribution in [0.4, 0.5) is 0 Å². The van der Waals surface area contributed by atoms with Crippen LogP contribution in [0.15, 0.2) is 27.5 Å². The van der Waals surface area contributed by atoms with Crippen LogP contribution in [0.3, 0.4) is 0 Å². The number of fused-ring (bicyclic) bond motifs is 1. The van der Waals surface area contributed by atoms with Gasteiger partial charge >= 0.3 is 0 Å². The van der Waals surface area contributed by atoms with Crippen molar-refractivity contribution in [2.75, 3.05) is 32.8 Å². The Labute approximate surface area is 170 Å². The number of ether oxygens (including phenoxy) is 1. The average molecular weight is 426 g/mol. The number of benzene rings is 1. The fourth-order valence-electron chi connectivity index (χ4n) is 4.16. The van der Waals surface area contributed by atoms with E-state index in [4.69, 9.17) is 21.4 Å². The second-order valence-electron chi connectivity index (χ2n) is 7.45. The zero-order valence-corrected chi connectivity index (χ0v) is 17.8. The van der Waals surface area contributed by atoms with Crippen molar-refractivity contribution in [3.63, 3.8) is 0 Å². The molecule has 2 aliphatic rings. The van der Waals surface area contributed by atoms with Gasteiger partial charge in [0.25, 0.3) is 4.84 Å². The van der Waals surface area contributed by atoms with E-state index in [2.05, 4.69) is 11.8 Å². The van der Waals surface area contributed by atoms with Gasteiger partial charge in [-0.3, -0.25) is 9.47 Å². The third-order valence-electron chi connectivity index (χ3n) is 5.79. The molecule has 2 aromatic rings. The van der Waals surface area contributed by atoms with E-state index >= 15 is 0 Å². The van der Waals surface area contributed by atoms with Gasteiger partial charge in [-0.05, 0) is 49.7 Å². The minimum absolute atomic E-state index is 0.275. The average Bonchev–Trinajstić information content (AvgIpc) is 3.03. The molecular formula is C19H27N3O4S2. The van der Waals surface area contributed by atoms with Crippen molar-refractivity contribution in [1.82, 2.24) is 13.8 Å². The van der Waals surface area contributed by atoms with Crippen LogP contribution in [0.1, 0.15) is 32.6 Å². The zero-order chi connectivity index (χ0) is 19.7. The van der Waals surface area contributed by atoms with E-state index in [-0.39, 0.29) is 4.90 Å². The summed E-state index contributed by atoms with van der Waals surface area (Å²) in [7, 11) is -3.56. The molecule has 0 unspecified atom stereocenters. The van der Waals surface area contributed by atoms with E-state index < -0.39 is 10.0 Å². The minimum Gasteiger partial charge on any atom is -0.429 e. The molecule has 9 heteroatoms. The van der Waals surface area contributed by atoms with Gasteiger partial charge in [0.2, 0.25) is 10.0 Å². The third kappa shape index (κ3) is 3.78. The zero-order valence-electron chi connectivity index (χ0n) is 16.2. The fraction of sp³-hybridized carbons (Fsp3) is 0.632. The molecule has 2 saturated heterocycles. The Morgan fingerprint density at radius 1 is 1.18 bits per heavy atom. The molecule has 0 aliphatic carbocycles. The lowest BCUT2D eigenvalue weighted by Gasteiger charge is -2.35. The van der Waals surface area contributed by atoms with E-state index in [0.29, 0.717) is 49.4 Å². The van der Waals surface area contributed by atoms with Gasteiger partial charge in [-0.15, -0.1) is 0 Å². The quantitative estimate of drug-likeness (QED) is 0.686. The molecule has 0 N–H and O–H groups in total. The summed E-state index contributed by atoms with van der Waals surface area (Å²) in [5.41, 5.74) is 1.36. The molecule has 0 saturated carbocycles. The lowest BCUT2D eigenvalue weighted by atomic mass is 10.0. The predicted molar refractivity (Wildman–Crippen MR) is 109 cm³/mol. The minimum atomic E-state index is -3.56. The molecular weight excluding hydrogens is 398 g/mol. The number of rotatable bonds is 5. The highest BCUT2D eigenvalue weighted by Gasteiger charge is 2.28. The van der Waals surface area contributed by atoms with Crippen molar-refractivity contribution < 1.29 is 17.6 Å². The molecule has 7 nitrogen and oxygen atoms in total. The van der Waals surface area contributed by atoms with Gasteiger partial charge in [-0.1, -0.05) is 13.3 Å². The summed E-state index contributed by atoms with van der Waals surface area (Å²) in [6.07, 6.45) is 4.72. The van der Waals surface area contributed by atoms with Crippen molar-refractivity contribution in [1.29, 1.82) is 0 Å². The number of aromatic nitrogens is 1. The summed E-state index contributed by atoms with van der Waals surface area (Å²) < 4.78 is 40.5. The van der Waals surface area contributed by atoms with Crippen LogP contribution in [0.25, 0.3) is 11.1 Å². The van der Waals surface area contributed by atoms with Crippen LogP contribution in [-0.2, 0) is 21.4 Å². The highest BCUT2D eigenvalue weighted by Crippen LogP contribution is 2.26. The molecule has 0 spiro atoms. The van der Waals surface area contributed by atoms with Crippen molar-refractivity contribution in [2.24, 2.45) is 0 Å². The monoisotopic (exact) mass is 425 g/mol. The Morgan fingerprint density at radius 2 is 1.96 bits per heavy atom. The number of sulfonamides is 1. The molecule has 0 bridgehead atoms. The van der Waals surface area contributed by atoms with Crippen LogP contribution in [0.5, 0.6) is 0 Å². The fourth-order valence-corrected chi connectivity index (χ4v) is 5.84. The summed E-state index contributed by atoms with van der Waals surface area (Å²) in [6, 6.07) is 5.54. The SMILES string of the molecule is CC[C@@H]1CCCCN1Cn1c(=S)oc2ccc(S(=O)(=O)N3CCOCC3)cc21. The summed E-state index contributed by atoms with van der Waals surface area (Å²) in [5, 5.41) is 0. The smallest absolute Gasteiger partial charge is 0.270 e. The first-order chi connectivity index (χ1) is 13.5. The Morgan fingerprint density at radius 3 is 2.71 bits per heavy atom. The molecule has 1 aromatic carbocycles.